The maximum Gasteiger partial charge on any atom is 0.269 e. The SMILES string of the molecule is O=[N+]([O-])c1cccc(COc2cccc3ccccc23)c1. The number of hydrogen-bond donors (Lipinski definition) is 0. The topological polar surface area (TPSA) is 52.4 Å². The molecule has 0 radical (unpaired) electrons. The predicted molar refractivity (Wildman–Crippen MR) is 81.4 cm³/mol. The summed E-state index contributed by atoms with van der Waals surface area (Å²) in [7, 11) is 0. The van der Waals surface area contributed by atoms with E-state index in [1.807, 2.05) is 48.5 Å². The van der Waals surface area contributed by atoms with Gasteiger partial charge in [0.15, 0.2) is 0 Å². The molecule has 0 fully saturated rings. The van der Waals surface area contributed by atoms with E-state index in [0.29, 0.717) is 6.61 Å². The molecule has 0 atom stereocenters. The van der Waals surface area contributed by atoms with Crippen LogP contribution in [-0.2, 0) is 6.61 Å². The van der Waals surface area contributed by atoms with Gasteiger partial charge in [0.25, 0.3) is 5.69 Å². The van der Waals surface area contributed by atoms with E-state index in [2.05, 4.69) is 0 Å². The largest absolute Gasteiger partial charge is 0.488 e. The fraction of sp³-hybridized carbons (Fsp3) is 0.0588. The van der Waals surface area contributed by atoms with Crippen molar-refractivity contribution >= 4 is 16.5 Å². The van der Waals surface area contributed by atoms with Crippen LogP contribution in [0.5, 0.6) is 5.75 Å². The highest BCUT2D eigenvalue weighted by molar-refractivity contribution is 5.88. The number of nitrogens with zero attached hydrogens (tertiary/aromatic N) is 1. The normalized spacial score (nSPS) is 10.5. The van der Waals surface area contributed by atoms with Crippen molar-refractivity contribution in [1.82, 2.24) is 0 Å². The van der Waals surface area contributed by atoms with Crippen molar-refractivity contribution in [3.63, 3.8) is 0 Å². The minimum absolute atomic E-state index is 0.0778. The Hall–Kier alpha value is -2.88. The van der Waals surface area contributed by atoms with Crippen molar-refractivity contribution in [3.05, 3.63) is 82.4 Å². The summed E-state index contributed by atoms with van der Waals surface area (Å²) < 4.78 is 5.82. The quantitative estimate of drug-likeness (QED) is 0.527. The number of rotatable bonds is 4. The van der Waals surface area contributed by atoms with Gasteiger partial charge in [0.2, 0.25) is 0 Å². The summed E-state index contributed by atoms with van der Waals surface area (Å²) in [5.74, 6) is 0.777. The lowest BCUT2D eigenvalue weighted by Crippen LogP contribution is -1.97. The van der Waals surface area contributed by atoms with Gasteiger partial charge in [0.1, 0.15) is 12.4 Å². The Morgan fingerprint density at radius 1 is 0.952 bits per heavy atom. The van der Waals surface area contributed by atoms with Crippen molar-refractivity contribution in [3.8, 4) is 5.75 Å². The van der Waals surface area contributed by atoms with Crippen LogP contribution in [0.1, 0.15) is 5.56 Å². The average Bonchev–Trinajstić information content (AvgIpc) is 2.53. The maximum absolute atomic E-state index is 10.8. The molecule has 0 N–H and O–H groups in total. The first kappa shape index (κ1) is 13.1. The van der Waals surface area contributed by atoms with Crippen molar-refractivity contribution in [2.45, 2.75) is 6.61 Å². The lowest BCUT2D eigenvalue weighted by atomic mass is 10.1. The molecule has 0 unspecified atom stereocenters. The summed E-state index contributed by atoms with van der Waals surface area (Å²) in [6, 6.07) is 20.3. The molecule has 104 valence electrons. The Morgan fingerprint density at radius 2 is 1.71 bits per heavy atom. The fourth-order valence-electron chi connectivity index (χ4n) is 2.24. The van der Waals surface area contributed by atoms with E-state index in [-0.39, 0.29) is 5.69 Å². The molecular formula is C17H13NO3. The van der Waals surface area contributed by atoms with E-state index in [9.17, 15) is 10.1 Å². The molecule has 0 bridgehead atoms. The highest BCUT2D eigenvalue weighted by atomic mass is 16.6. The van der Waals surface area contributed by atoms with E-state index >= 15 is 0 Å². The van der Waals surface area contributed by atoms with Crippen LogP contribution in [0.4, 0.5) is 5.69 Å². The van der Waals surface area contributed by atoms with Crippen LogP contribution in [0.2, 0.25) is 0 Å². The minimum atomic E-state index is -0.401. The van der Waals surface area contributed by atoms with Gasteiger partial charge in [-0.25, -0.2) is 0 Å². The first-order valence-corrected chi connectivity index (χ1v) is 6.58. The Balaban J connectivity index is 1.84. The fourth-order valence-corrected chi connectivity index (χ4v) is 2.24. The zero-order valence-electron chi connectivity index (χ0n) is 11.2. The molecule has 3 aromatic carbocycles. The van der Waals surface area contributed by atoms with E-state index in [4.69, 9.17) is 4.74 Å². The van der Waals surface area contributed by atoms with Crippen LogP contribution in [0, 0.1) is 10.1 Å². The van der Waals surface area contributed by atoms with Crippen molar-refractivity contribution in [2.24, 2.45) is 0 Å². The van der Waals surface area contributed by atoms with Gasteiger partial charge in [-0.15, -0.1) is 0 Å². The molecule has 0 aromatic heterocycles. The third kappa shape index (κ3) is 2.84. The molecule has 0 aliphatic carbocycles. The summed E-state index contributed by atoms with van der Waals surface area (Å²) in [5.41, 5.74) is 0.853. The molecule has 0 aliphatic rings. The van der Waals surface area contributed by atoms with Crippen molar-refractivity contribution < 1.29 is 9.66 Å². The van der Waals surface area contributed by atoms with Gasteiger partial charge in [-0.05, 0) is 17.0 Å². The zero-order chi connectivity index (χ0) is 14.7. The Kier molecular flexibility index (Phi) is 3.51. The second-order valence-electron chi connectivity index (χ2n) is 4.69. The molecule has 4 heteroatoms. The molecule has 3 aromatic rings. The zero-order valence-corrected chi connectivity index (χ0v) is 11.2. The van der Waals surface area contributed by atoms with Gasteiger partial charge < -0.3 is 4.74 Å². The second-order valence-corrected chi connectivity index (χ2v) is 4.69. The van der Waals surface area contributed by atoms with Gasteiger partial charge in [-0.2, -0.15) is 0 Å². The monoisotopic (exact) mass is 279 g/mol. The number of nitro groups is 1. The molecule has 0 spiro atoms. The average molecular weight is 279 g/mol. The van der Waals surface area contributed by atoms with Gasteiger partial charge in [0, 0.05) is 17.5 Å². The third-order valence-corrected chi connectivity index (χ3v) is 3.27. The Labute approximate surface area is 121 Å². The van der Waals surface area contributed by atoms with Gasteiger partial charge in [-0.3, -0.25) is 10.1 Å². The van der Waals surface area contributed by atoms with Crippen LogP contribution < -0.4 is 4.74 Å². The van der Waals surface area contributed by atoms with Gasteiger partial charge >= 0.3 is 0 Å². The summed E-state index contributed by atoms with van der Waals surface area (Å²) >= 11 is 0. The van der Waals surface area contributed by atoms with Gasteiger partial charge in [-0.1, -0.05) is 48.5 Å². The lowest BCUT2D eigenvalue weighted by Gasteiger charge is -2.09. The first-order chi connectivity index (χ1) is 10.2. The number of non-ortho nitro benzene ring substituents is 1. The number of fused-ring (bicyclic) bond motifs is 1. The second kappa shape index (κ2) is 5.63. The lowest BCUT2D eigenvalue weighted by molar-refractivity contribution is -0.384. The number of benzene rings is 3. The van der Waals surface area contributed by atoms with Crippen molar-refractivity contribution in [1.29, 1.82) is 0 Å². The van der Waals surface area contributed by atoms with Gasteiger partial charge in [0.05, 0.1) is 4.92 Å². The molecular weight excluding hydrogens is 266 g/mol. The van der Waals surface area contributed by atoms with Crippen LogP contribution in [0.25, 0.3) is 10.8 Å². The third-order valence-electron chi connectivity index (χ3n) is 3.27. The Morgan fingerprint density at radius 3 is 2.57 bits per heavy atom. The number of hydrogen-bond acceptors (Lipinski definition) is 3. The first-order valence-electron chi connectivity index (χ1n) is 6.58. The molecule has 0 aliphatic heterocycles. The van der Waals surface area contributed by atoms with E-state index in [1.54, 1.807) is 6.07 Å². The highest BCUT2D eigenvalue weighted by Crippen LogP contribution is 2.26. The van der Waals surface area contributed by atoms with Crippen LogP contribution >= 0.6 is 0 Å². The number of ether oxygens (including phenoxy) is 1. The van der Waals surface area contributed by atoms with Crippen LogP contribution in [0.15, 0.2) is 66.7 Å². The summed E-state index contributed by atoms with van der Waals surface area (Å²) in [6.07, 6.45) is 0. The predicted octanol–water partition coefficient (Wildman–Crippen LogP) is 4.33. The van der Waals surface area contributed by atoms with Crippen LogP contribution in [-0.4, -0.2) is 4.92 Å². The molecule has 0 heterocycles. The molecule has 21 heavy (non-hydrogen) atoms. The Bertz CT molecular complexity index is 793. The van der Waals surface area contributed by atoms with E-state index < -0.39 is 4.92 Å². The summed E-state index contributed by atoms with van der Waals surface area (Å²) in [6.45, 7) is 0.301. The molecule has 0 amide bonds. The minimum Gasteiger partial charge on any atom is -0.488 e. The molecule has 4 nitrogen and oxygen atoms in total. The summed E-state index contributed by atoms with van der Waals surface area (Å²) in [4.78, 5) is 10.4. The summed E-state index contributed by atoms with van der Waals surface area (Å²) in [5, 5.41) is 12.9. The highest BCUT2D eigenvalue weighted by Gasteiger charge is 2.07. The molecule has 0 saturated heterocycles. The number of nitro benzene ring substituents is 1. The molecule has 3 rings (SSSR count). The smallest absolute Gasteiger partial charge is 0.269 e. The standard InChI is InChI=1S/C17H13NO3/c19-18(20)15-8-3-5-13(11-15)12-21-17-10-4-7-14-6-1-2-9-16(14)17/h1-11H,12H2. The maximum atomic E-state index is 10.8. The van der Waals surface area contributed by atoms with E-state index in [0.717, 1.165) is 22.1 Å². The van der Waals surface area contributed by atoms with Crippen molar-refractivity contribution in [2.75, 3.05) is 0 Å². The van der Waals surface area contributed by atoms with E-state index in [1.165, 1.54) is 12.1 Å². The van der Waals surface area contributed by atoms with Crippen LogP contribution in [0.3, 0.4) is 0 Å². The molecule has 0 saturated carbocycles.